The van der Waals surface area contributed by atoms with Gasteiger partial charge in [0, 0.05) is 0 Å². The average Bonchev–Trinajstić information content (AvgIpc) is 1.94. The van der Waals surface area contributed by atoms with Crippen molar-refractivity contribution < 1.29 is 5.11 Å². The number of aliphatic hydroxyl groups is 1. The van der Waals surface area contributed by atoms with Crippen LogP contribution >= 0.6 is 12.6 Å². The number of aliphatic hydroxyl groups excluding tert-OH is 1. The summed E-state index contributed by atoms with van der Waals surface area (Å²) in [7, 11) is 0. The smallest absolute Gasteiger partial charge is 0.0564 e. The molecule has 0 radical (unpaired) electrons. The Balaban J connectivity index is 0.000000291. The van der Waals surface area contributed by atoms with E-state index in [2.05, 4.69) is 17.9 Å². The molecule has 0 spiro atoms. The molecule has 1 fully saturated rings. The standard InChI is InChI=1S/C5H11NO.CH4S/c7-5-1-3-6-4-2-5;1-2/h5-7H,1-4H2;2H,1H3. The highest BCUT2D eigenvalue weighted by Crippen LogP contribution is 1.99. The van der Waals surface area contributed by atoms with Crippen LogP contribution in [0.3, 0.4) is 0 Å². The lowest BCUT2D eigenvalue weighted by molar-refractivity contribution is 0.137. The van der Waals surface area contributed by atoms with Gasteiger partial charge in [-0.25, -0.2) is 0 Å². The predicted octanol–water partition coefficient (Wildman–Crippen LogP) is 0.277. The molecule has 2 N–H and O–H groups in total. The van der Waals surface area contributed by atoms with Crippen molar-refractivity contribution in [2.45, 2.75) is 18.9 Å². The first-order valence-electron chi connectivity index (χ1n) is 3.23. The molecule has 0 aromatic carbocycles. The highest BCUT2D eigenvalue weighted by Gasteiger charge is 2.06. The van der Waals surface area contributed by atoms with E-state index in [1.165, 1.54) is 0 Å². The fourth-order valence-corrected chi connectivity index (χ4v) is 0.807. The Kier molecular flexibility index (Phi) is 6.58. The first kappa shape index (κ1) is 9.27. The molecule has 0 bridgehead atoms. The van der Waals surface area contributed by atoms with Gasteiger partial charge < -0.3 is 10.4 Å². The topological polar surface area (TPSA) is 32.3 Å². The molecule has 2 nitrogen and oxygen atoms in total. The van der Waals surface area contributed by atoms with E-state index >= 15 is 0 Å². The quantitative estimate of drug-likeness (QED) is 0.432. The number of piperidine rings is 1. The van der Waals surface area contributed by atoms with Gasteiger partial charge in [-0.15, -0.1) is 0 Å². The zero-order chi connectivity index (χ0) is 7.11. The maximum atomic E-state index is 8.87. The lowest BCUT2D eigenvalue weighted by Gasteiger charge is -2.16. The molecule has 0 saturated carbocycles. The van der Waals surface area contributed by atoms with Gasteiger partial charge in [0.15, 0.2) is 0 Å². The van der Waals surface area contributed by atoms with Crippen molar-refractivity contribution in [2.75, 3.05) is 19.3 Å². The minimum absolute atomic E-state index is 0.0266. The van der Waals surface area contributed by atoms with E-state index in [0.717, 1.165) is 25.9 Å². The minimum Gasteiger partial charge on any atom is -0.393 e. The van der Waals surface area contributed by atoms with Crippen molar-refractivity contribution in [2.24, 2.45) is 0 Å². The van der Waals surface area contributed by atoms with Crippen LogP contribution in [0, 0.1) is 0 Å². The second-order valence-corrected chi connectivity index (χ2v) is 1.98. The molecule has 0 aliphatic carbocycles. The summed E-state index contributed by atoms with van der Waals surface area (Å²) in [6.45, 7) is 1.97. The number of rotatable bonds is 0. The van der Waals surface area contributed by atoms with E-state index in [1.807, 2.05) is 0 Å². The van der Waals surface area contributed by atoms with Crippen LogP contribution in [-0.2, 0) is 0 Å². The zero-order valence-corrected chi connectivity index (χ0v) is 6.69. The van der Waals surface area contributed by atoms with Gasteiger partial charge in [-0.2, -0.15) is 12.6 Å². The number of thiol groups is 1. The van der Waals surface area contributed by atoms with Crippen LogP contribution in [0.25, 0.3) is 0 Å². The van der Waals surface area contributed by atoms with E-state index in [1.54, 1.807) is 6.26 Å². The molecule has 0 aromatic rings. The lowest BCUT2D eigenvalue weighted by atomic mass is 10.1. The van der Waals surface area contributed by atoms with Crippen LogP contribution in [0.15, 0.2) is 0 Å². The normalized spacial score (nSPS) is 20.3. The second-order valence-electron chi connectivity index (χ2n) is 1.98. The average molecular weight is 149 g/mol. The van der Waals surface area contributed by atoms with Gasteiger partial charge in [0.2, 0.25) is 0 Å². The van der Waals surface area contributed by atoms with Gasteiger partial charge in [-0.05, 0) is 32.2 Å². The van der Waals surface area contributed by atoms with Gasteiger partial charge in [0.25, 0.3) is 0 Å². The molecule has 0 amide bonds. The monoisotopic (exact) mass is 149 g/mol. The van der Waals surface area contributed by atoms with Crippen molar-refractivity contribution in [1.29, 1.82) is 0 Å². The summed E-state index contributed by atoms with van der Waals surface area (Å²) in [6.07, 6.45) is 3.53. The van der Waals surface area contributed by atoms with Crippen molar-refractivity contribution >= 4 is 12.6 Å². The van der Waals surface area contributed by atoms with Crippen LogP contribution < -0.4 is 5.32 Å². The third-order valence-electron chi connectivity index (χ3n) is 1.31. The Hall–Kier alpha value is 0.270. The fourth-order valence-electron chi connectivity index (χ4n) is 0.807. The largest absolute Gasteiger partial charge is 0.393 e. The highest BCUT2D eigenvalue weighted by atomic mass is 32.1. The van der Waals surface area contributed by atoms with E-state index in [-0.39, 0.29) is 6.10 Å². The summed E-state index contributed by atoms with van der Waals surface area (Å²) in [5.74, 6) is 0. The molecule has 1 aliphatic heterocycles. The van der Waals surface area contributed by atoms with Gasteiger partial charge in [0.1, 0.15) is 0 Å². The molecule has 0 atom stereocenters. The minimum atomic E-state index is -0.0266. The first-order valence-corrected chi connectivity index (χ1v) is 4.12. The van der Waals surface area contributed by atoms with Crippen molar-refractivity contribution in [3.8, 4) is 0 Å². The Bertz CT molecular complexity index is 55.0. The fraction of sp³-hybridized carbons (Fsp3) is 1.00. The molecule has 9 heavy (non-hydrogen) atoms. The molecule has 1 heterocycles. The summed E-state index contributed by atoms with van der Waals surface area (Å²) in [4.78, 5) is 0. The van der Waals surface area contributed by atoms with Crippen LogP contribution in [0.5, 0.6) is 0 Å². The Labute approximate surface area is 62.1 Å². The second kappa shape index (κ2) is 6.39. The van der Waals surface area contributed by atoms with E-state index in [4.69, 9.17) is 5.11 Å². The van der Waals surface area contributed by atoms with E-state index < -0.39 is 0 Å². The van der Waals surface area contributed by atoms with E-state index in [9.17, 15) is 0 Å². The number of hydrogen-bond acceptors (Lipinski definition) is 3. The third-order valence-corrected chi connectivity index (χ3v) is 1.31. The molecular weight excluding hydrogens is 134 g/mol. The molecule has 56 valence electrons. The van der Waals surface area contributed by atoms with Crippen LogP contribution in [0.1, 0.15) is 12.8 Å². The summed E-state index contributed by atoms with van der Waals surface area (Å²) < 4.78 is 0. The van der Waals surface area contributed by atoms with Crippen molar-refractivity contribution in [3.05, 3.63) is 0 Å². The summed E-state index contributed by atoms with van der Waals surface area (Å²) >= 11 is 3.53. The maximum Gasteiger partial charge on any atom is 0.0564 e. The van der Waals surface area contributed by atoms with E-state index in [0.29, 0.717) is 0 Å². The van der Waals surface area contributed by atoms with Gasteiger partial charge in [-0.1, -0.05) is 0 Å². The molecule has 0 unspecified atom stereocenters. The first-order chi connectivity index (χ1) is 4.39. The molecule has 1 aliphatic rings. The zero-order valence-electron chi connectivity index (χ0n) is 5.80. The number of nitrogens with one attached hydrogen (secondary N) is 1. The SMILES string of the molecule is CS.OC1CCNCC1. The van der Waals surface area contributed by atoms with Gasteiger partial charge in [-0.3, -0.25) is 0 Å². The van der Waals surface area contributed by atoms with Crippen molar-refractivity contribution in [1.82, 2.24) is 5.32 Å². The summed E-state index contributed by atoms with van der Waals surface area (Å²) in [6, 6.07) is 0. The van der Waals surface area contributed by atoms with Crippen LogP contribution in [-0.4, -0.2) is 30.6 Å². The predicted molar refractivity (Wildman–Crippen MR) is 43.0 cm³/mol. The van der Waals surface area contributed by atoms with Crippen LogP contribution in [0.4, 0.5) is 0 Å². The maximum absolute atomic E-state index is 8.87. The Morgan fingerprint density at radius 1 is 1.33 bits per heavy atom. The molecule has 3 heteroatoms. The van der Waals surface area contributed by atoms with Gasteiger partial charge in [0.05, 0.1) is 6.10 Å². The highest BCUT2D eigenvalue weighted by molar-refractivity contribution is 7.79. The third kappa shape index (κ3) is 4.75. The molecule has 0 aromatic heterocycles. The number of hydrogen-bond donors (Lipinski definition) is 3. The molecular formula is C6H15NOS. The Morgan fingerprint density at radius 3 is 2.00 bits per heavy atom. The lowest BCUT2D eigenvalue weighted by Crippen LogP contribution is -2.30. The molecule has 1 saturated heterocycles. The van der Waals surface area contributed by atoms with Crippen LogP contribution in [0.2, 0.25) is 0 Å². The Morgan fingerprint density at radius 2 is 1.78 bits per heavy atom. The summed E-state index contributed by atoms with van der Waals surface area (Å²) in [5, 5.41) is 12.0. The molecule has 1 rings (SSSR count). The van der Waals surface area contributed by atoms with Crippen molar-refractivity contribution in [3.63, 3.8) is 0 Å². The summed E-state index contributed by atoms with van der Waals surface area (Å²) in [5.41, 5.74) is 0. The van der Waals surface area contributed by atoms with Gasteiger partial charge >= 0.3 is 0 Å².